The van der Waals surface area contributed by atoms with E-state index in [1.807, 2.05) is 13.0 Å². The molecule has 0 bridgehead atoms. The van der Waals surface area contributed by atoms with Crippen LogP contribution in [0.4, 0.5) is 5.69 Å². The number of rotatable bonds is 2. The number of hydrogen-bond donors (Lipinski definition) is 1. The molecular weight excluding hydrogens is 280 g/mol. The Morgan fingerprint density at radius 1 is 1.35 bits per heavy atom. The molecule has 0 atom stereocenters. The molecule has 1 aromatic heterocycles. The minimum atomic E-state index is -0.140. The molecule has 86 valence electrons. The zero-order valence-corrected chi connectivity index (χ0v) is 10.9. The predicted molar refractivity (Wildman–Crippen MR) is 71.1 cm³/mol. The normalized spacial score (nSPS) is 10.0. The van der Waals surface area contributed by atoms with E-state index in [1.165, 1.54) is 0 Å². The van der Waals surface area contributed by atoms with Crippen LogP contribution in [0.1, 0.15) is 15.9 Å². The van der Waals surface area contributed by atoms with Crippen molar-refractivity contribution in [2.75, 3.05) is 5.32 Å². The molecule has 0 unspecified atom stereocenters. The van der Waals surface area contributed by atoms with Gasteiger partial charge in [0.2, 0.25) is 0 Å². The lowest BCUT2D eigenvalue weighted by molar-refractivity contribution is 0.102. The number of amides is 1. The maximum absolute atomic E-state index is 11.9. The van der Waals surface area contributed by atoms with Crippen LogP contribution in [0, 0.1) is 6.92 Å². The summed E-state index contributed by atoms with van der Waals surface area (Å²) in [7, 11) is 0. The Kier molecular flexibility index (Phi) is 3.54. The van der Waals surface area contributed by atoms with Gasteiger partial charge in [-0.2, -0.15) is 0 Å². The van der Waals surface area contributed by atoms with Crippen molar-refractivity contribution in [3.05, 3.63) is 58.3 Å². The number of carbonyl (C=O) groups excluding carboxylic acids is 1. The lowest BCUT2D eigenvalue weighted by Gasteiger charge is -2.06. The molecule has 0 saturated heterocycles. The van der Waals surface area contributed by atoms with E-state index in [-0.39, 0.29) is 5.91 Å². The van der Waals surface area contributed by atoms with Gasteiger partial charge in [-0.15, -0.1) is 0 Å². The number of benzene rings is 1. The quantitative estimate of drug-likeness (QED) is 0.921. The fourth-order valence-corrected chi connectivity index (χ4v) is 1.75. The SMILES string of the molecule is Cc1ccc(C(=O)Nc2cccnc2)cc1Br. The molecule has 0 fully saturated rings. The summed E-state index contributed by atoms with van der Waals surface area (Å²) in [6.45, 7) is 1.98. The van der Waals surface area contributed by atoms with Crippen molar-refractivity contribution in [3.63, 3.8) is 0 Å². The van der Waals surface area contributed by atoms with Crippen LogP contribution in [0.25, 0.3) is 0 Å². The number of anilines is 1. The summed E-state index contributed by atoms with van der Waals surface area (Å²) in [6, 6.07) is 9.09. The van der Waals surface area contributed by atoms with Gasteiger partial charge in [0, 0.05) is 16.2 Å². The van der Waals surface area contributed by atoms with Crippen LogP contribution in [0.5, 0.6) is 0 Å². The molecule has 0 spiro atoms. The van der Waals surface area contributed by atoms with E-state index in [9.17, 15) is 4.79 Å². The van der Waals surface area contributed by atoms with Crippen molar-refractivity contribution < 1.29 is 4.79 Å². The average molecular weight is 291 g/mol. The Morgan fingerprint density at radius 3 is 2.82 bits per heavy atom. The van der Waals surface area contributed by atoms with Gasteiger partial charge < -0.3 is 5.32 Å². The summed E-state index contributed by atoms with van der Waals surface area (Å²) in [5, 5.41) is 2.78. The number of aromatic nitrogens is 1. The molecule has 4 heteroatoms. The Balaban J connectivity index is 2.18. The number of carbonyl (C=O) groups is 1. The maximum atomic E-state index is 11.9. The first-order valence-electron chi connectivity index (χ1n) is 5.14. The summed E-state index contributed by atoms with van der Waals surface area (Å²) >= 11 is 3.41. The predicted octanol–water partition coefficient (Wildman–Crippen LogP) is 3.40. The van der Waals surface area contributed by atoms with E-state index in [2.05, 4.69) is 26.2 Å². The summed E-state index contributed by atoms with van der Waals surface area (Å²) in [6.07, 6.45) is 3.28. The lowest BCUT2D eigenvalue weighted by Crippen LogP contribution is -2.11. The smallest absolute Gasteiger partial charge is 0.255 e. The molecule has 0 radical (unpaired) electrons. The van der Waals surface area contributed by atoms with E-state index >= 15 is 0 Å². The van der Waals surface area contributed by atoms with Gasteiger partial charge in [0.05, 0.1) is 11.9 Å². The molecule has 2 rings (SSSR count). The molecule has 0 saturated carbocycles. The second kappa shape index (κ2) is 5.10. The number of nitrogens with zero attached hydrogens (tertiary/aromatic N) is 1. The highest BCUT2D eigenvalue weighted by Crippen LogP contribution is 2.18. The molecular formula is C13H11BrN2O. The minimum Gasteiger partial charge on any atom is -0.321 e. The van der Waals surface area contributed by atoms with Crippen molar-refractivity contribution in [1.29, 1.82) is 0 Å². The third-order valence-corrected chi connectivity index (χ3v) is 3.21. The average Bonchev–Trinajstić information content (AvgIpc) is 2.34. The second-order valence-electron chi connectivity index (χ2n) is 3.66. The molecule has 1 amide bonds. The van der Waals surface area contributed by atoms with Crippen molar-refractivity contribution in [2.45, 2.75) is 6.92 Å². The van der Waals surface area contributed by atoms with E-state index < -0.39 is 0 Å². The number of halogens is 1. The molecule has 1 N–H and O–H groups in total. The molecule has 3 nitrogen and oxygen atoms in total. The molecule has 0 aliphatic carbocycles. The first-order chi connectivity index (χ1) is 8.16. The lowest BCUT2D eigenvalue weighted by atomic mass is 10.1. The van der Waals surface area contributed by atoms with E-state index in [0.29, 0.717) is 11.3 Å². The fourth-order valence-electron chi connectivity index (χ4n) is 1.37. The Labute approximate surface area is 108 Å². The zero-order valence-electron chi connectivity index (χ0n) is 9.27. The van der Waals surface area contributed by atoms with Gasteiger partial charge >= 0.3 is 0 Å². The van der Waals surface area contributed by atoms with Gasteiger partial charge in [-0.05, 0) is 36.8 Å². The van der Waals surface area contributed by atoms with Crippen LogP contribution in [0.2, 0.25) is 0 Å². The van der Waals surface area contributed by atoms with Crippen molar-refractivity contribution in [3.8, 4) is 0 Å². The first-order valence-corrected chi connectivity index (χ1v) is 5.93. The van der Waals surface area contributed by atoms with Crippen LogP contribution < -0.4 is 5.32 Å². The summed E-state index contributed by atoms with van der Waals surface area (Å²) < 4.78 is 0.927. The number of hydrogen-bond acceptors (Lipinski definition) is 2. The van der Waals surface area contributed by atoms with Gasteiger partial charge in [0.15, 0.2) is 0 Å². The van der Waals surface area contributed by atoms with Crippen LogP contribution >= 0.6 is 15.9 Å². The van der Waals surface area contributed by atoms with Gasteiger partial charge in [-0.3, -0.25) is 9.78 Å². The Bertz CT molecular complexity index is 540. The zero-order chi connectivity index (χ0) is 12.3. The highest BCUT2D eigenvalue weighted by atomic mass is 79.9. The van der Waals surface area contributed by atoms with Crippen LogP contribution in [0.3, 0.4) is 0 Å². The highest BCUT2D eigenvalue weighted by Gasteiger charge is 2.07. The van der Waals surface area contributed by atoms with E-state index in [0.717, 1.165) is 10.0 Å². The molecule has 0 aliphatic heterocycles. The van der Waals surface area contributed by atoms with Crippen LogP contribution in [0.15, 0.2) is 47.2 Å². The van der Waals surface area contributed by atoms with E-state index in [1.54, 1.807) is 36.7 Å². The van der Waals surface area contributed by atoms with Crippen molar-refractivity contribution in [2.24, 2.45) is 0 Å². The Hall–Kier alpha value is -1.68. The largest absolute Gasteiger partial charge is 0.321 e. The van der Waals surface area contributed by atoms with Gasteiger partial charge in [0.1, 0.15) is 0 Å². The molecule has 1 heterocycles. The third kappa shape index (κ3) is 2.91. The van der Waals surface area contributed by atoms with E-state index in [4.69, 9.17) is 0 Å². The first kappa shape index (κ1) is 11.8. The summed E-state index contributed by atoms with van der Waals surface area (Å²) in [5.74, 6) is -0.140. The maximum Gasteiger partial charge on any atom is 0.255 e. The fraction of sp³-hybridized carbons (Fsp3) is 0.0769. The number of nitrogens with one attached hydrogen (secondary N) is 1. The standard InChI is InChI=1S/C13H11BrN2O/c1-9-4-5-10(7-12(9)14)13(17)16-11-3-2-6-15-8-11/h2-8H,1H3,(H,16,17). The second-order valence-corrected chi connectivity index (χ2v) is 4.51. The molecule has 17 heavy (non-hydrogen) atoms. The molecule has 2 aromatic rings. The highest BCUT2D eigenvalue weighted by molar-refractivity contribution is 9.10. The number of aryl methyl sites for hydroxylation is 1. The van der Waals surface area contributed by atoms with Gasteiger partial charge in [-0.1, -0.05) is 22.0 Å². The summed E-state index contributed by atoms with van der Waals surface area (Å²) in [4.78, 5) is 15.9. The molecule has 0 aliphatic rings. The van der Waals surface area contributed by atoms with Crippen LogP contribution in [-0.4, -0.2) is 10.9 Å². The van der Waals surface area contributed by atoms with Crippen molar-refractivity contribution in [1.82, 2.24) is 4.98 Å². The van der Waals surface area contributed by atoms with Gasteiger partial charge in [0.25, 0.3) is 5.91 Å². The third-order valence-electron chi connectivity index (χ3n) is 2.35. The summed E-state index contributed by atoms with van der Waals surface area (Å²) in [5.41, 5.74) is 2.41. The number of pyridine rings is 1. The minimum absolute atomic E-state index is 0.140. The van der Waals surface area contributed by atoms with Gasteiger partial charge in [-0.25, -0.2) is 0 Å². The monoisotopic (exact) mass is 290 g/mol. The topological polar surface area (TPSA) is 42.0 Å². The van der Waals surface area contributed by atoms with Crippen molar-refractivity contribution >= 4 is 27.5 Å². The Morgan fingerprint density at radius 2 is 2.18 bits per heavy atom. The molecule has 1 aromatic carbocycles. The van der Waals surface area contributed by atoms with Crippen LogP contribution in [-0.2, 0) is 0 Å².